The molecule has 2 saturated heterocycles. The van der Waals surface area contributed by atoms with Gasteiger partial charge in [0, 0.05) is 43.9 Å². The topological polar surface area (TPSA) is 109 Å². The lowest BCUT2D eigenvalue weighted by atomic mass is 9.70. The van der Waals surface area contributed by atoms with Gasteiger partial charge < -0.3 is 15.0 Å². The van der Waals surface area contributed by atoms with E-state index >= 15 is 0 Å². The summed E-state index contributed by atoms with van der Waals surface area (Å²) in [5, 5.41) is 16.5. The lowest BCUT2D eigenvalue weighted by Crippen LogP contribution is -2.58. The van der Waals surface area contributed by atoms with Crippen molar-refractivity contribution in [3.05, 3.63) is 24.3 Å². The molecule has 9 nitrogen and oxygen atoms in total. The van der Waals surface area contributed by atoms with E-state index < -0.39 is 0 Å². The Morgan fingerprint density at radius 2 is 2.13 bits per heavy atom. The van der Waals surface area contributed by atoms with Crippen LogP contribution in [0.3, 0.4) is 0 Å². The minimum atomic E-state index is -0.312. The van der Waals surface area contributed by atoms with Crippen LogP contribution in [0.2, 0.25) is 0 Å². The second-order valence-corrected chi connectivity index (χ2v) is 8.67. The summed E-state index contributed by atoms with van der Waals surface area (Å²) in [4.78, 5) is 23.1. The Kier molecular flexibility index (Phi) is 5.33. The summed E-state index contributed by atoms with van der Waals surface area (Å²) in [5.74, 6) is 1.21. The van der Waals surface area contributed by atoms with Gasteiger partial charge in [0.15, 0.2) is 5.69 Å². The zero-order valence-electron chi connectivity index (χ0n) is 17.6. The quantitative estimate of drug-likeness (QED) is 0.826. The summed E-state index contributed by atoms with van der Waals surface area (Å²) in [6.07, 6.45) is 7.48. The molecule has 0 aromatic carbocycles. The summed E-state index contributed by atoms with van der Waals surface area (Å²) in [6, 6.07) is 2.12. The fourth-order valence-corrected chi connectivity index (χ4v) is 4.42. The van der Waals surface area contributed by atoms with Gasteiger partial charge in [0.2, 0.25) is 0 Å². The number of piperidine rings is 1. The molecule has 2 fully saturated rings. The van der Waals surface area contributed by atoms with E-state index in [1.165, 1.54) is 0 Å². The molecule has 0 saturated carbocycles. The molecule has 2 aliphatic heterocycles. The number of hydrogen-bond donors (Lipinski definition) is 1. The third-order valence-corrected chi connectivity index (χ3v) is 6.13. The molecule has 2 aromatic rings. The highest BCUT2D eigenvalue weighted by Gasteiger charge is 2.47. The van der Waals surface area contributed by atoms with Gasteiger partial charge in [-0.3, -0.25) is 4.68 Å². The van der Waals surface area contributed by atoms with Crippen molar-refractivity contribution in [2.24, 2.45) is 18.4 Å². The maximum absolute atomic E-state index is 11.8. The molecule has 0 radical (unpaired) electrons. The molecule has 1 spiro atoms. The molecule has 0 bridgehead atoms. The van der Waals surface area contributed by atoms with Crippen LogP contribution in [0, 0.1) is 22.7 Å². The summed E-state index contributed by atoms with van der Waals surface area (Å²) in [6.45, 7) is 6.55. The number of alkyl carbamates (subject to hydrolysis) is 1. The van der Waals surface area contributed by atoms with E-state index in [1.807, 2.05) is 13.2 Å². The molecule has 1 amide bonds. The number of nitrogens with one attached hydrogen (secondary N) is 1. The van der Waals surface area contributed by atoms with Gasteiger partial charge in [-0.15, -0.1) is 0 Å². The fraction of sp³-hybridized carbons (Fsp3) is 0.571. The molecule has 9 heteroatoms. The summed E-state index contributed by atoms with van der Waals surface area (Å²) < 4.78 is 7.38. The largest absolute Gasteiger partial charge is 0.446 e. The first kappa shape index (κ1) is 20.1. The molecule has 4 rings (SSSR count). The van der Waals surface area contributed by atoms with Gasteiger partial charge in [-0.1, -0.05) is 13.8 Å². The van der Waals surface area contributed by atoms with Gasteiger partial charge in [0.25, 0.3) is 0 Å². The number of rotatable bonds is 4. The third-order valence-electron chi connectivity index (χ3n) is 6.13. The van der Waals surface area contributed by atoms with Gasteiger partial charge in [-0.2, -0.15) is 10.4 Å². The highest BCUT2D eigenvalue weighted by Crippen LogP contribution is 2.41. The van der Waals surface area contributed by atoms with Crippen LogP contribution in [0.25, 0.3) is 11.3 Å². The average molecular weight is 409 g/mol. The van der Waals surface area contributed by atoms with Crippen LogP contribution < -0.4 is 10.2 Å². The minimum Gasteiger partial charge on any atom is -0.446 e. The first-order valence-corrected chi connectivity index (χ1v) is 10.4. The van der Waals surface area contributed by atoms with E-state index in [0.29, 0.717) is 23.9 Å². The fourth-order valence-electron chi connectivity index (χ4n) is 4.42. The maximum Gasteiger partial charge on any atom is 0.407 e. The highest BCUT2D eigenvalue weighted by molar-refractivity contribution is 5.68. The molecule has 1 unspecified atom stereocenters. The average Bonchev–Trinajstić information content (AvgIpc) is 3.17. The smallest absolute Gasteiger partial charge is 0.407 e. The van der Waals surface area contributed by atoms with E-state index in [1.54, 1.807) is 17.1 Å². The molecule has 2 aromatic heterocycles. The zero-order chi connectivity index (χ0) is 21.3. The summed E-state index contributed by atoms with van der Waals surface area (Å²) in [5.41, 5.74) is 1.56. The van der Waals surface area contributed by atoms with Gasteiger partial charge in [0.1, 0.15) is 23.7 Å². The van der Waals surface area contributed by atoms with Crippen molar-refractivity contribution in [1.29, 1.82) is 5.26 Å². The van der Waals surface area contributed by atoms with Crippen LogP contribution in [0.5, 0.6) is 0 Å². The van der Waals surface area contributed by atoms with Crippen LogP contribution >= 0.6 is 0 Å². The van der Waals surface area contributed by atoms with E-state index in [0.717, 1.165) is 43.7 Å². The van der Waals surface area contributed by atoms with E-state index in [-0.39, 0.29) is 17.6 Å². The van der Waals surface area contributed by atoms with Crippen molar-refractivity contribution in [2.45, 2.75) is 39.2 Å². The molecule has 30 heavy (non-hydrogen) atoms. The second kappa shape index (κ2) is 7.94. The SMILES string of the molecule is CC(C)CC1OC(=O)NCC12CCN(c1cnc(C#N)c(-c3cnn(C)c3)n1)CC2. The molecule has 1 atom stereocenters. The van der Waals surface area contributed by atoms with Gasteiger partial charge >= 0.3 is 6.09 Å². The number of ether oxygens (including phenoxy) is 1. The number of nitrogens with zero attached hydrogens (tertiary/aromatic N) is 6. The van der Waals surface area contributed by atoms with Crippen molar-refractivity contribution in [1.82, 2.24) is 25.1 Å². The van der Waals surface area contributed by atoms with E-state index in [9.17, 15) is 10.1 Å². The number of cyclic esters (lactones) is 1. The van der Waals surface area contributed by atoms with E-state index in [2.05, 4.69) is 40.2 Å². The Balaban J connectivity index is 1.54. The Morgan fingerprint density at radius 1 is 1.37 bits per heavy atom. The predicted octanol–water partition coefficient (Wildman–Crippen LogP) is 2.49. The van der Waals surface area contributed by atoms with Gasteiger partial charge in [0.05, 0.1) is 12.4 Å². The molecule has 2 aliphatic rings. The van der Waals surface area contributed by atoms with Crippen LogP contribution in [0.1, 0.15) is 38.8 Å². The van der Waals surface area contributed by atoms with Crippen LogP contribution in [-0.2, 0) is 11.8 Å². The third kappa shape index (κ3) is 3.82. The monoisotopic (exact) mass is 409 g/mol. The number of carbonyl (C=O) groups excluding carboxylic acids is 1. The number of aromatic nitrogens is 4. The standard InChI is InChI=1S/C21H27N7O2/c1-14(2)8-17-21(13-24-20(29)30-17)4-6-28(7-5-21)18-11-23-16(9-22)19(26-18)15-10-25-27(3)12-15/h10-12,14,17H,4-8,13H2,1-3H3,(H,24,29). The van der Waals surface area contributed by atoms with Gasteiger partial charge in [-0.05, 0) is 25.2 Å². The second-order valence-electron chi connectivity index (χ2n) is 8.67. The normalized spacial score (nSPS) is 20.7. The number of anilines is 1. The molecule has 158 valence electrons. The molecular formula is C21H27N7O2. The number of amides is 1. The summed E-state index contributed by atoms with van der Waals surface area (Å²) in [7, 11) is 1.83. The molecule has 4 heterocycles. The molecule has 1 N–H and O–H groups in total. The lowest BCUT2D eigenvalue weighted by Gasteiger charge is -2.48. The van der Waals surface area contributed by atoms with Crippen molar-refractivity contribution in [3.8, 4) is 17.3 Å². The van der Waals surface area contributed by atoms with Crippen molar-refractivity contribution < 1.29 is 9.53 Å². The van der Waals surface area contributed by atoms with Crippen LogP contribution in [-0.4, -0.2) is 51.6 Å². The Morgan fingerprint density at radius 3 is 2.77 bits per heavy atom. The Hall–Kier alpha value is -3.15. The molecule has 0 aliphatic carbocycles. The van der Waals surface area contributed by atoms with Crippen LogP contribution in [0.15, 0.2) is 18.6 Å². The number of carbonyl (C=O) groups is 1. The first-order chi connectivity index (χ1) is 14.4. The predicted molar refractivity (Wildman–Crippen MR) is 111 cm³/mol. The number of aryl methyl sites for hydroxylation is 1. The van der Waals surface area contributed by atoms with Crippen LogP contribution in [0.4, 0.5) is 10.6 Å². The lowest BCUT2D eigenvalue weighted by molar-refractivity contribution is -0.0453. The zero-order valence-corrected chi connectivity index (χ0v) is 17.6. The summed E-state index contributed by atoms with van der Waals surface area (Å²) >= 11 is 0. The number of hydrogen-bond acceptors (Lipinski definition) is 7. The van der Waals surface area contributed by atoms with Crippen molar-refractivity contribution >= 4 is 11.9 Å². The molecular weight excluding hydrogens is 382 g/mol. The van der Waals surface area contributed by atoms with E-state index in [4.69, 9.17) is 9.72 Å². The Bertz CT molecular complexity index is 970. The number of nitriles is 1. The minimum absolute atomic E-state index is 0.0547. The maximum atomic E-state index is 11.8. The Labute approximate surface area is 176 Å². The first-order valence-electron chi connectivity index (χ1n) is 10.4. The van der Waals surface area contributed by atoms with Gasteiger partial charge in [-0.25, -0.2) is 14.8 Å². The highest BCUT2D eigenvalue weighted by atomic mass is 16.6. The van der Waals surface area contributed by atoms with Crippen molar-refractivity contribution in [2.75, 3.05) is 24.5 Å². The van der Waals surface area contributed by atoms with Crippen molar-refractivity contribution in [3.63, 3.8) is 0 Å².